The number of rotatable bonds is 2. The quantitative estimate of drug-likeness (QED) is 0.840. The van der Waals surface area contributed by atoms with E-state index in [2.05, 4.69) is 4.99 Å². The summed E-state index contributed by atoms with van der Waals surface area (Å²) in [5, 5.41) is 1.77. The van der Waals surface area contributed by atoms with E-state index in [1.807, 2.05) is 0 Å². The van der Waals surface area contributed by atoms with E-state index in [0.29, 0.717) is 10.4 Å². The summed E-state index contributed by atoms with van der Waals surface area (Å²) in [5.74, 6) is -0.470. The van der Waals surface area contributed by atoms with Gasteiger partial charge in [0.25, 0.3) is 5.91 Å². The fourth-order valence-electron chi connectivity index (χ4n) is 1.61. The summed E-state index contributed by atoms with van der Waals surface area (Å²) in [6.45, 7) is 0. The molecule has 0 N–H and O–H groups in total. The van der Waals surface area contributed by atoms with Crippen LogP contribution < -0.4 is 4.80 Å². The number of carbonyl (C=O) groups is 1. The first-order chi connectivity index (χ1) is 9.36. The highest BCUT2D eigenvalue weighted by Crippen LogP contribution is 2.29. The Morgan fingerprint density at radius 3 is 2.75 bits per heavy atom. The lowest BCUT2D eigenvalue weighted by molar-refractivity contribution is -0.137. The summed E-state index contributed by atoms with van der Waals surface area (Å²) >= 11 is 1.29. The number of thiazole rings is 1. The molecule has 2 aromatic rings. The van der Waals surface area contributed by atoms with Crippen LogP contribution >= 0.6 is 11.3 Å². The van der Waals surface area contributed by atoms with Crippen LogP contribution in [0.4, 0.5) is 13.2 Å². The van der Waals surface area contributed by atoms with E-state index in [9.17, 15) is 18.0 Å². The fraction of sp³-hybridized carbons (Fsp3) is 0.231. The summed E-state index contributed by atoms with van der Waals surface area (Å²) in [7, 11) is 1.74. The number of amides is 1. The predicted octanol–water partition coefficient (Wildman–Crippen LogP) is 2.78. The monoisotopic (exact) mass is 300 g/mol. The van der Waals surface area contributed by atoms with Gasteiger partial charge in [0.1, 0.15) is 0 Å². The topological polar surface area (TPSA) is 34.4 Å². The first kappa shape index (κ1) is 14.5. The lowest BCUT2D eigenvalue weighted by Crippen LogP contribution is -2.14. The molecule has 0 saturated carbocycles. The molecule has 20 heavy (non-hydrogen) atoms. The molecule has 0 aliphatic heterocycles. The largest absolute Gasteiger partial charge is 0.416 e. The first-order valence-electron chi connectivity index (χ1n) is 5.70. The van der Waals surface area contributed by atoms with Crippen molar-refractivity contribution in [3.8, 4) is 0 Å². The number of alkyl halides is 3. The van der Waals surface area contributed by atoms with Gasteiger partial charge in [-0.3, -0.25) is 4.79 Å². The van der Waals surface area contributed by atoms with E-state index >= 15 is 0 Å². The van der Waals surface area contributed by atoms with Crippen molar-refractivity contribution in [1.29, 1.82) is 0 Å². The van der Waals surface area contributed by atoms with Crippen LogP contribution in [-0.2, 0) is 24.4 Å². The molecule has 1 amide bonds. The Morgan fingerprint density at radius 2 is 2.15 bits per heavy atom. The van der Waals surface area contributed by atoms with Crippen molar-refractivity contribution >= 4 is 17.2 Å². The molecule has 2 rings (SSSR count). The third-order valence-corrected chi connectivity index (χ3v) is 3.44. The number of aromatic nitrogens is 1. The maximum Gasteiger partial charge on any atom is 0.416 e. The van der Waals surface area contributed by atoms with E-state index in [1.54, 1.807) is 23.2 Å². The highest BCUT2D eigenvalue weighted by Gasteiger charge is 2.30. The molecule has 0 unspecified atom stereocenters. The molecule has 1 heterocycles. The zero-order chi connectivity index (χ0) is 14.8. The first-order valence-corrected chi connectivity index (χ1v) is 6.58. The molecule has 0 fully saturated rings. The summed E-state index contributed by atoms with van der Waals surface area (Å²) in [5.41, 5.74) is -0.461. The Hall–Kier alpha value is -1.89. The minimum absolute atomic E-state index is 0.151. The van der Waals surface area contributed by atoms with Gasteiger partial charge in [-0.25, -0.2) is 0 Å². The molecule has 1 aromatic carbocycles. The smallest absolute Gasteiger partial charge is 0.327 e. The molecule has 106 valence electrons. The normalized spacial score (nSPS) is 12.7. The number of carbonyl (C=O) groups excluding carboxylic acids is 1. The van der Waals surface area contributed by atoms with Crippen LogP contribution in [-0.4, -0.2) is 10.5 Å². The van der Waals surface area contributed by atoms with Gasteiger partial charge in [-0.05, 0) is 11.6 Å². The minimum Gasteiger partial charge on any atom is -0.327 e. The number of benzene rings is 1. The van der Waals surface area contributed by atoms with Gasteiger partial charge in [0.15, 0.2) is 4.80 Å². The molecular weight excluding hydrogens is 289 g/mol. The zero-order valence-corrected chi connectivity index (χ0v) is 11.3. The van der Waals surface area contributed by atoms with E-state index in [1.165, 1.54) is 23.5 Å². The Kier molecular flexibility index (Phi) is 4.08. The maximum atomic E-state index is 12.6. The van der Waals surface area contributed by atoms with Crippen molar-refractivity contribution < 1.29 is 18.0 Å². The molecule has 0 radical (unpaired) electrons. The molecule has 0 spiro atoms. The third-order valence-electron chi connectivity index (χ3n) is 2.59. The van der Waals surface area contributed by atoms with Crippen LogP contribution in [0.15, 0.2) is 40.8 Å². The van der Waals surface area contributed by atoms with E-state index in [4.69, 9.17) is 0 Å². The maximum absolute atomic E-state index is 12.6. The Balaban J connectivity index is 2.19. The minimum atomic E-state index is -4.41. The molecule has 7 heteroatoms. The molecule has 0 saturated heterocycles. The van der Waals surface area contributed by atoms with Gasteiger partial charge in [0, 0.05) is 18.6 Å². The Bertz CT molecular complexity index is 685. The second-order valence-corrected chi connectivity index (χ2v) is 5.05. The second-order valence-electron chi connectivity index (χ2n) is 4.18. The van der Waals surface area contributed by atoms with Crippen LogP contribution in [0.3, 0.4) is 0 Å². The molecule has 0 bridgehead atoms. The zero-order valence-electron chi connectivity index (χ0n) is 10.5. The van der Waals surface area contributed by atoms with Crippen LogP contribution in [0.2, 0.25) is 0 Å². The van der Waals surface area contributed by atoms with Gasteiger partial charge in [-0.1, -0.05) is 18.2 Å². The van der Waals surface area contributed by atoms with Crippen molar-refractivity contribution in [3.05, 3.63) is 51.8 Å². The van der Waals surface area contributed by atoms with Gasteiger partial charge in [0.2, 0.25) is 0 Å². The summed E-state index contributed by atoms with van der Waals surface area (Å²) in [6.07, 6.45) is -2.81. The van der Waals surface area contributed by atoms with Gasteiger partial charge in [-0.15, -0.1) is 11.3 Å². The number of halogens is 3. The number of nitrogens with zero attached hydrogens (tertiary/aromatic N) is 2. The lowest BCUT2D eigenvalue weighted by Gasteiger charge is -2.07. The van der Waals surface area contributed by atoms with E-state index in [-0.39, 0.29) is 6.42 Å². The van der Waals surface area contributed by atoms with Crippen molar-refractivity contribution in [1.82, 2.24) is 4.57 Å². The van der Waals surface area contributed by atoms with Crippen molar-refractivity contribution in [2.24, 2.45) is 12.0 Å². The summed E-state index contributed by atoms with van der Waals surface area (Å²) in [6, 6.07) is 4.72. The fourth-order valence-corrected chi connectivity index (χ4v) is 2.36. The van der Waals surface area contributed by atoms with Crippen LogP contribution in [0.5, 0.6) is 0 Å². The van der Waals surface area contributed by atoms with Crippen molar-refractivity contribution in [2.75, 3.05) is 0 Å². The summed E-state index contributed by atoms with van der Waals surface area (Å²) in [4.78, 5) is 16.1. The predicted molar refractivity (Wildman–Crippen MR) is 69.0 cm³/mol. The average molecular weight is 300 g/mol. The van der Waals surface area contributed by atoms with Crippen LogP contribution in [0, 0.1) is 0 Å². The van der Waals surface area contributed by atoms with E-state index in [0.717, 1.165) is 12.1 Å². The van der Waals surface area contributed by atoms with Crippen molar-refractivity contribution in [2.45, 2.75) is 12.6 Å². The molecule has 0 aliphatic rings. The van der Waals surface area contributed by atoms with Crippen molar-refractivity contribution in [3.63, 3.8) is 0 Å². The standard InChI is InChI=1S/C13H11F3N2OS/c1-18-5-6-20-12(18)17-11(19)8-9-3-2-4-10(7-9)13(14,15)16/h2-7H,8H2,1H3. The number of hydrogen-bond donors (Lipinski definition) is 0. The lowest BCUT2D eigenvalue weighted by atomic mass is 10.1. The average Bonchev–Trinajstić information content (AvgIpc) is 2.74. The van der Waals surface area contributed by atoms with Gasteiger partial charge in [0.05, 0.1) is 12.0 Å². The molecule has 0 aliphatic carbocycles. The summed E-state index contributed by atoms with van der Waals surface area (Å²) < 4.78 is 39.3. The Labute approximate surface area is 117 Å². The number of hydrogen-bond acceptors (Lipinski definition) is 2. The molecule has 1 aromatic heterocycles. The van der Waals surface area contributed by atoms with Gasteiger partial charge in [-0.2, -0.15) is 18.2 Å². The second kappa shape index (κ2) is 5.62. The van der Waals surface area contributed by atoms with Gasteiger partial charge >= 0.3 is 6.18 Å². The molecule has 0 atom stereocenters. The third kappa shape index (κ3) is 3.57. The van der Waals surface area contributed by atoms with Crippen LogP contribution in [0.1, 0.15) is 11.1 Å². The van der Waals surface area contributed by atoms with E-state index < -0.39 is 17.6 Å². The molecular formula is C13H11F3N2OS. The highest BCUT2D eigenvalue weighted by atomic mass is 32.1. The highest BCUT2D eigenvalue weighted by molar-refractivity contribution is 7.07. The molecule has 3 nitrogen and oxygen atoms in total. The number of aryl methyl sites for hydroxylation is 1. The van der Waals surface area contributed by atoms with Crippen LogP contribution in [0.25, 0.3) is 0 Å². The SMILES string of the molecule is Cn1ccsc1=NC(=O)Cc1cccc(C(F)(F)F)c1. The van der Waals surface area contributed by atoms with Gasteiger partial charge < -0.3 is 4.57 Å². The Morgan fingerprint density at radius 1 is 1.40 bits per heavy atom.